The molecule has 0 saturated heterocycles. The van der Waals surface area contributed by atoms with Crippen molar-refractivity contribution in [3.63, 3.8) is 0 Å². The first-order chi connectivity index (χ1) is 8.68. The Kier molecular flexibility index (Phi) is 4.82. The minimum atomic E-state index is 0.596. The molecule has 1 aromatic rings. The van der Waals surface area contributed by atoms with Crippen molar-refractivity contribution in [1.82, 2.24) is 5.32 Å². The van der Waals surface area contributed by atoms with Crippen molar-refractivity contribution >= 4 is 0 Å². The Morgan fingerprint density at radius 1 is 1.17 bits per heavy atom. The third-order valence-electron chi connectivity index (χ3n) is 4.20. The molecule has 0 spiro atoms. The van der Waals surface area contributed by atoms with E-state index < -0.39 is 0 Å². The normalized spacial score (nSPS) is 17.8. The first kappa shape index (κ1) is 13.6. The molecule has 0 aliphatic heterocycles. The zero-order valence-corrected chi connectivity index (χ0v) is 12.1. The standard InChI is InChI=1S/C17H27N/c1-13(2)18-12-11-14(3)16-9-4-5-10-17(16)15-7-6-8-15/h4-5,9-10,13-15,18H,6-8,11-12H2,1-3H3. The summed E-state index contributed by atoms with van der Waals surface area (Å²) in [5.41, 5.74) is 3.22. The fraction of sp³-hybridized carbons (Fsp3) is 0.647. The van der Waals surface area contributed by atoms with E-state index in [2.05, 4.69) is 50.4 Å². The van der Waals surface area contributed by atoms with Crippen molar-refractivity contribution in [2.45, 2.75) is 64.3 Å². The second-order valence-corrected chi connectivity index (χ2v) is 6.06. The minimum absolute atomic E-state index is 0.596. The van der Waals surface area contributed by atoms with E-state index in [-0.39, 0.29) is 0 Å². The molecule has 0 radical (unpaired) electrons. The fourth-order valence-electron chi connectivity index (χ4n) is 2.79. The van der Waals surface area contributed by atoms with Gasteiger partial charge in [0.1, 0.15) is 0 Å². The predicted molar refractivity (Wildman–Crippen MR) is 79.2 cm³/mol. The highest BCUT2D eigenvalue weighted by atomic mass is 14.9. The molecular weight excluding hydrogens is 218 g/mol. The monoisotopic (exact) mass is 245 g/mol. The van der Waals surface area contributed by atoms with Crippen molar-refractivity contribution in [2.24, 2.45) is 0 Å². The van der Waals surface area contributed by atoms with Crippen molar-refractivity contribution in [3.8, 4) is 0 Å². The van der Waals surface area contributed by atoms with Gasteiger partial charge in [-0.15, -0.1) is 0 Å². The topological polar surface area (TPSA) is 12.0 Å². The Morgan fingerprint density at radius 2 is 1.89 bits per heavy atom. The molecular formula is C17H27N. The Labute approximate surface area is 112 Å². The van der Waals surface area contributed by atoms with Crippen LogP contribution in [-0.2, 0) is 0 Å². The maximum absolute atomic E-state index is 3.52. The fourth-order valence-corrected chi connectivity index (χ4v) is 2.79. The zero-order chi connectivity index (χ0) is 13.0. The van der Waals surface area contributed by atoms with Crippen LogP contribution in [0, 0.1) is 0 Å². The molecule has 0 amide bonds. The van der Waals surface area contributed by atoms with Gasteiger partial charge in [0.15, 0.2) is 0 Å². The van der Waals surface area contributed by atoms with Gasteiger partial charge in [0.2, 0.25) is 0 Å². The summed E-state index contributed by atoms with van der Waals surface area (Å²) in [7, 11) is 0. The first-order valence-corrected chi connectivity index (χ1v) is 7.50. The van der Waals surface area contributed by atoms with Gasteiger partial charge in [-0.1, -0.05) is 51.5 Å². The summed E-state index contributed by atoms with van der Waals surface area (Å²) < 4.78 is 0. The lowest BCUT2D eigenvalue weighted by molar-refractivity contribution is 0.414. The number of benzene rings is 1. The Balaban J connectivity index is 1.98. The average Bonchev–Trinajstić information content (AvgIpc) is 2.27. The van der Waals surface area contributed by atoms with E-state index in [1.807, 2.05) is 0 Å². The van der Waals surface area contributed by atoms with Crippen LogP contribution >= 0.6 is 0 Å². The molecule has 1 saturated carbocycles. The highest BCUT2D eigenvalue weighted by molar-refractivity contribution is 5.34. The van der Waals surface area contributed by atoms with Crippen molar-refractivity contribution in [3.05, 3.63) is 35.4 Å². The molecule has 1 aromatic carbocycles. The zero-order valence-electron chi connectivity index (χ0n) is 12.1. The lowest BCUT2D eigenvalue weighted by Gasteiger charge is -2.29. The molecule has 1 aliphatic carbocycles. The second kappa shape index (κ2) is 6.38. The number of hydrogen-bond acceptors (Lipinski definition) is 1. The molecule has 1 nitrogen and oxygen atoms in total. The summed E-state index contributed by atoms with van der Waals surface area (Å²) in [6.45, 7) is 7.93. The van der Waals surface area contributed by atoms with Crippen molar-refractivity contribution in [1.29, 1.82) is 0 Å². The Hall–Kier alpha value is -0.820. The molecule has 2 rings (SSSR count). The van der Waals surface area contributed by atoms with Gasteiger partial charge in [0.25, 0.3) is 0 Å². The van der Waals surface area contributed by atoms with Gasteiger partial charge in [0, 0.05) is 6.04 Å². The lowest BCUT2D eigenvalue weighted by atomic mass is 9.76. The van der Waals surface area contributed by atoms with Crippen LogP contribution < -0.4 is 5.32 Å². The highest BCUT2D eigenvalue weighted by Crippen LogP contribution is 2.40. The molecule has 0 aromatic heterocycles. The molecule has 0 bridgehead atoms. The minimum Gasteiger partial charge on any atom is -0.315 e. The first-order valence-electron chi connectivity index (χ1n) is 7.50. The van der Waals surface area contributed by atoms with Gasteiger partial charge < -0.3 is 5.32 Å². The van der Waals surface area contributed by atoms with Gasteiger partial charge in [-0.3, -0.25) is 0 Å². The summed E-state index contributed by atoms with van der Waals surface area (Å²) in [4.78, 5) is 0. The molecule has 1 unspecified atom stereocenters. The van der Waals surface area contributed by atoms with Crippen LogP contribution in [0.25, 0.3) is 0 Å². The number of nitrogens with one attached hydrogen (secondary N) is 1. The molecule has 18 heavy (non-hydrogen) atoms. The van der Waals surface area contributed by atoms with E-state index in [0.717, 1.165) is 12.5 Å². The SMILES string of the molecule is CC(C)NCCC(C)c1ccccc1C1CCC1. The van der Waals surface area contributed by atoms with E-state index >= 15 is 0 Å². The molecule has 0 heterocycles. The smallest absolute Gasteiger partial charge is 0.00103 e. The van der Waals surface area contributed by atoms with E-state index in [1.165, 1.54) is 25.7 Å². The van der Waals surface area contributed by atoms with Gasteiger partial charge in [-0.05, 0) is 48.8 Å². The van der Waals surface area contributed by atoms with E-state index in [4.69, 9.17) is 0 Å². The van der Waals surface area contributed by atoms with Gasteiger partial charge in [-0.25, -0.2) is 0 Å². The van der Waals surface area contributed by atoms with Gasteiger partial charge >= 0.3 is 0 Å². The van der Waals surface area contributed by atoms with Crippen LogP contribution in [0.5, 0.6) is 0 Å². The van der Waals surface area contributed by atoms with Crippen LogP contribution in [0.3, 0.4) is 0 Å². The summed E-state index contributed by atoms with van der Waals surface area (Å²) in [6.07, 6.45) is 5.45. The summed E-state index contributed by atoms with van der Waals surface area (Å²) >= 11 is 0. The molecule has 1 fully saturated rings. The third-order valence-corrected chi connectivity index (χ3v) is 4.20. The van der Waals surface area contributed by atoms with E-state index in [0.29, 0.717) is 12.0 Å². The number of hydrogen-bond donors (Lipinski definition) is 1. The molecule has 1 aliphatic rings. The van der Waals surface area contributed by atoms with Crippen LogP contribution in [0.15, 0.2) is 24.3 Å². The third kappa shape index (κ3) is 3.35. The van der Waals surface area contributed by atoms with Crippen LogP contribution in [0.2, 0.25) is 0 Å². The van der Waals surface area contributed by atoms with E-state index in [1.54, 1.807) is 11.1 Å². The van der Waals surface area contributed by atoms with Crippen LogP contribution in [0.1, 0.15) is 69.4 Å². The van der Waals surface area contributed by atoms with Gasteiger partial charge in [0.05, 0.1) is 0 Å². The highest BCUT2D eigenvalue weighted by Gasteiger charge is 2.23. The second-order valence-electron chi connectivity index (χ2n) is 6.06. The van der Waals surface area contributed by atoms with Gasteiger partial charge in [-0.2, -0.15) is 0 Å². The van der Waals surface area contributed by atoms with E-state index in [9.17, 15) is 0 Å². The van der Waals surface area contributed by atoms with Crippen LogP contribution in [-0.4, -0.2) is 12.6 Å². The Morgan fingerprint density at radius 3 is 2.50 bits per heavy atom. The average molecular weight is 245 g/mol. The largest absolute Gasteiger partial charge is 0.315 e. The van der Waals surface area contributed by atoms with Crippen LogP contribution in [0.4, 0.5) is 0 Å². The molecule has 1 N–H and O–H groups in total. The molecule has 100 valence electrons. The maximum Gasteiger partial charge on any atom is 0.00103 e. The summed E-state index contributed by atoms with van der Waals surface area (Å²) in [5, 5.41) is 3.52. The predicted octanol–water partition coefficient (Wildman–Crippen LogP) is 4.45. The maximum atomic E-state index is 3.52. The summed E-state index contributed by atoms with van der Waals surface area (Å²) in [6, 6.07) is 9.69. The van der Waals surface area contributed by atoms with Crippen molar-refractivity contribution in [2.75, 3.05) is 6.54 Å². The quantitative estimate of drug-likeness (QED) is 0.781. The van der Waals surface area contributed by atoms with Crippen molar-refractivity contribution < 1.29 is 0 Å². The molecule has 1 heteroatoms. The summed E-state index contributed by atoms with van der Waals surface area (Å²) in [5.74, 6) is 1.52. The molecule has 1 atom stereocenters. The number of rotatable bonds is 6. The lowest BCUT2D eigenvalue weighted by Crippen LogP contribution is -2.25. The Bertz CT molecular complexity index is 366.